The molecule has 0 saturated heterocycles. The summed E-state index contributed by atoms with van der Waals surface area (Å²) in [7, 11) is 0. The van der Waals surface area contributed by atoms with E-state index in [4.69, 9.17) is 23.2 Å². The fourth-order valence-electron chi connectivity index (χ4n) is 2.70. The predicted octanol–water partition coefficient (Wildman–Crippen LogP) is 3.53. The van der Waals surface area contributed by atoms with Crippen LogP contribution in [0.25, 0.3) is 0 Å². The lowest BCUT2D eigenvalue weighted by atomic mass is 9.78. The van der Waals surface area contributed by atoms with E-state index in [2.05, 4.69) is 10.3 Å². The molecule has 0 aromatic carbocycles. The van der Waals surface area contributed by atoms with E-state index >= 15 is 0 Å². The quantitative estimate of drug-likeness (QED) is 0.831. The molecule has 1 aliphatic carbocycles. The van der Waals surface area contributed by atoms with Crippen molar-refractivity contribution in [2.24, 2.45) is 11.8 Å². The molecule has 1 heterocycles. The lowest BCUT2D eigenvalue weighted by Crippen LogP contribution is -2.36. The zero-order chi connectivity index (χ0) is 15.6. The number of rotatable bonds is 3. The second kappa shape index (κ2) is 6.62. The Morgan fingerprint density at radius 1 is 1.29 bits per heavy atom. The molecule has 21 heavy (non-hydrogen) atoms. The highest BCUT2D eigenvalue weighted by Crippen LogP contribution is 2.33. The van der Waals surface area contributed by atoms with Crippen LogP contribution in [0.2, 0.25) is 10.3 Å². The van der Waals surface area contributed by atoms with Crippen LogP contribution in [0.4, 0.5) is 5.69 Å². The van der Waals surface area contributed by atoms with Crippen LogP contribution in [-0.2, 0) is 9.59 Å². The topological polar surface area (TPSA) is 79.3 Å². The third kappa shape index (κ3) is 3.66. The molecule has 2 atom stereocenters. The number of aryl methyl sites for hydroxylation is 1. The first-order chi connectivity index (χ1) is 9.90. The van der Waals surface area contributed by atoms with Crippen molar-refractivity contribution in [3.8, 4) is 0 Å². The number of aromatic nitrogens is 1. The number of aliphatic carboxylic acids is 1. The Morgan fingerprint density at radius 3 is 2.48 bits per heavy atom. The zero-order valence-corrected chi connectivity index (χ0v) is 13.0. The number of amides is 1. The van der Waals surface area contributed by atoms with Crippen molar-refractivity contribution >= 4 is 40.8 Å². The van der Waals surface area contributed by atoms with Crippen LogP contribution in [0.15, 0.2) is 6.07 Å². The number of carbonyl (C=O) groups excluding carboxylic acids is 1. The van der Waals surface area contributed by atoms with E-state index in [1.165, 1.54) is 0 Å². The van der Waals surface area contributed by atoms with Gasteiger partial charge in [0.25, 0.3) is 0 Å². The van der Waals surface area contributed by atoms with E-state index in [0.29, 0.717) is 24.1 Å². The zero-order valence-electron chi connectivity index (χ0n) is 11.5. The summed E-state index contributed by atoms with van der Waals surface area (Å²) in [5, 5.41) is 12.3. The molecule has 1 aromatic rings. The van der Waals surface area contributed by atoms with Crippen LogP contribution < -0.4 is 5.32 Å². The number of hydrogen-bond donors (Lipinski definition) is 2. The highest BCUT2D eigenvalue weighted by atomic mass is 35.5. The van der Waals surface area contributed by atoms with E-state index in [1.54, 1.807) is 13.0 Å². The van der Waals surface area contributed by atoms with E-state index in [1.807, 2.05) is 0 Å². The van der Waals surface area contributed by atoms with Gasteiger partial charge in [-0.2, -0.15) is 0 Å². The number of carboxylic acids is 1. The van der Waals surface area contributed by atoms with Crippen molar-refractivity contribution < 1.29 is 14.7 Å². The number of carbonyl (C=O) groups is 2. The highest BCUT2D eigenvalue weighted by molar-refractivity contribution is 6.34. The molecule has 114 valence electrons. The van der Waals surface area contributed by atoms with Crippen molar-refractivity contribution in [2.75, 3.05) is 5.32 Å². The summed E-state index contributed by atoms with van der Waals surface area (Å²) < 4.78 is 0. The van der Waals surface area contributed by atoms with Crippen LogP contribution in [0.1, 0.15) is 31.2 Å². The van der Waals surface area contributed by atoms with Gasteiger partial charge in [0.05, 0.1) is 17.5 Å². The lowest BCUT2D eigenvalue weighted by Gasteiger charge is -2.27. The molecule has 5 nitrogen and oxygen atoms in total. The summed E-state index contributed by atoms with van der Waals surface area (Å²) >= 11 is 11.8. The summed E-state index contributed by atoms with van der Waals surface area (Å²) in [4.78, 5) is 27.5. The lowest BCUT2D eigenvalue weighted by molar-refractivity contribution is -0.147. The Balaban J connectivity index is 2.19. The van der Waals surface area contributed by atoms with Gasteiger partial charge >= 0.3 is 5.97 Å². The third-order valence-electron chi connectivity index (χ3n) is 3.81. The van der Waals surface area contributed by atoms with Crippen LogP contribution in [0.5, 0.6) is 0 Å². The third-order valence-corrected chi connectivity index (χ3v) is 4.28. The highest BCUT2D eigenvalue weighted by Gasteiger charge is 2.36. The standard InChI is InChI=1S/C14H16Cl2N2O3/c1-7-6-10(15)17-12(16)11(7)18-13(19)8-4-2-3-5-9(8)14(20)21/h6,8-9H,2-5H2,1H3,(H,18,19)(H,20,21). The average Bonchev–Trinajstić information content (AvgIpc) is 2.42. The fraction of sp³-hybridized carbons (Fsp3) is 0.500. The normalized spacial score (nSPS) is 21.9. The smallest absolute Gasteiger partial charge is 0.307 e. The van der Waals surface area contributed by atoms with E-state index in [9.17, 15) is 14.7 Å². The molecule has 0 spiro atoms. The van der Waals surface area contributed by atoms with Crippen LogP contribution >= 0.6 is 23.2 Å². The Labute approximate surface area is 132 Å². The van der Waals surface area contributed by atoms with Gasteiger partial charge in [-0.05, 0) is 31.4 Å². The van der Waals surface area contributed by atoms with Gasteiger partial charge in [0, 0.05) is 0 Å². The number of hydrogen-bond acceptors (Lipinski definition) is 3. The summed E-state index contributed by atoms with van der Waals surface area (Å²) in [5.74, 6) is -2.43. The second-order valence-corrected chi connectivity index (χ2v) is 6.00. The number of pyridine rings is 1. The van der Waals surface area contributed by atoms with E-state index < -0.39 is 17.8 Å². The molecular formula is C14H16Cl2N2O3. The molecule has 1 saturated carbocycles. The van der Waals surface area contributed by atoms with Gasteiger partial charge in [-0.15, -0.1) is 0 Å². The summed E-state index contributed by atoms with van der Waals surface area (Å²) in [6.45, 7) is 1.75. The SMILES string of the molecule is Cc1cc(Cl)nc(Cl)c1NC(=O)C1CCCCC1C(=O)O. The van der Waals surface area contributed by atoms with E-state index in [-0.39, 0.29) is 16.2 Å². The molecule has 1 aromatic heterocycles. The van der Waals surface area contributed by atoms with Crippen LogP contribution in [0.3, 0.4) is 0 Å². The predicted molar refractivity (Wildman–Crippen MR) is 80.7 cm³/mol. The number of nitrogens with one attached hydrogen (secondary N) is 1. The summed E-state index contributed by atoms with van der Waals surface area (Å²) in [6.07, 6.45) is 2.79. The van der Waals surface area contributed by atoms with Crippen LogP contribution in [0, 0.1) is 18.8 Å². The van der Waals surface area contributed by atoms with Crippen molar-refractivity contribution in [1.29, 1.82) is 0 Å². The molecule has 0 radical (unpaired) electrons. The molecule has 2 unspecified atom stereocenters. The fourth-order valence-corrected chi connectivity index (χ4v) is 3.28. The largest absolute Gasteiger partial charge is 0.481 e. The number of nitrogens with zero attached hydrogens (tertiary/aromatic N) is 1. The minimum Gasteiger partial charge on any atom is -0.481 e. The molecular weight excluding hydrogens is 315 g/mol. The van der Waals surface area contributed by atoms with Crippen molar-refractivity contribution in [1.82, 2.24) is 4.98 Å². The number of halogens is 2. The maximum absolute atomic E-state index is 12.4. The van der Waals surface area contributed by atoms with Gasteiger partial charge in [-0.3, -0.25) is 9.59 Å². The minimum atomic E-state index is -0.924. The first-order valence-corrected chi connectivity index (χ1v) is 7.52. The van der Waals surface area contributed by atoms with Gasteiger partial charge in [0.2, 0.25) is 5.91 Å². The number of carboxylic acid groups (broad SMARTS) is 1. The van der Waals surface area contributed by atoms with Crippen molar-refractivity contribution in [3.05, 3.63) is 21.9 Å². The maximum Gasteiger partial charge on any atom is 0.307 e. The second-order valence-electron chi connectivity index (χ2n) is 5.25. The van der Waals surface area contributed by atoms with Gasteiger partial charge in [-0.1, -0.05) is 36.0 Å². The molecule has 1 aliphatic rings. The van der Waals surface area contributed by atoms with Crippen LogP contribution in [-0.4, -0.2) is 22.0 Å². The van der Waals surface area contributed by atoms with Gasteiger partial charge < -0.3 is 10.4 Å². The Bertz CT molecular complexity index is 554. The first-order valence-electron chi connectivity index (χ1n) is 6.76. The average molecular weight is 331 g/mol. The molecule has 2 rings (SSSR count). The van der Waals surface area contributed by atoms with Gasteiger partial charge in [0.15, 0.2) is 5.15 Å². The molecule has 0 aliphatic heterocycles. The molecule has 7 heteroatoms. The van der Waals surface area contributed by atoms with Crippen molar-refractivity contribution in [3.63, 3.8) is 0 Å². The molecule has 0 bridgehead atoms. The molecule has 1 amide bonds. The number of anilines is 1. The molecule has 2 N–H and O–H groups in total. The van der Waals surface area contributed by atoms with E-state index in [0.717, 1.165) is 12.8 Å². The Kier molecular flexibility index (Phi) is 5.06. The maximum atomic E-state index is 12.4. The van der Waals surface area contributed by atoms with Gasteiger partial charge in [0.1, 0.15) is 5.15 Å². The Morgan fingerprint density at radius 2 is 1.90 bits per heavy atom. The summed E-state index contributed by atoms with van der Waals surface area (Å²) in [5.41, 5.74) is 1.08. The van der Waals surface area contributed by atoms with Gasteiger partial charge in [-0.25, -0.2) is 4.98 Å². The first kappa shape index (κ1) is 16.0. The Hall–Kier alpha value is -1.33. The monoisotopic (exact) mass is 330 g/mol. The minimum absolute atomic E-state index is 0.107. The van der Waals surface area contributed by atoms with Crippen molar-refractivity contribution in [2.45, 2.75) is 32.6 Å². The molecule has 1 fully saturated rings. The summed E-state index contributed by atoms with van der Waals surface area (Å²) in [6, 6.07) is 1.60.